The second kappa shape index (κ2) is 5.95. The van der Waals surface area contributed by atoms with Crippen LogP contribution in [0.2, 0.25) is 0 Å². The molecule has 0 spiro atoms. The molecule has 112 valence electrons. The maximum atomic E-state index is 11.4. The van der Waals surface area contributed by atoms with Gasteiger partial charge < -0.3 is 9.52 Å². The van der Waals surface area contributed by atoms with Gasteiger partial charge in [0.15, 0.2) is 9.84 Å². The number of aromatic carboxylic acids is 1. The Morgan fingerprint density at radius 3 is 2.38 bits per heavy atom. The van der Waals surface area contributed by atoms with E-state index in [0.29, 0.717) is 17.3 Å². The molecule has 0 amide bonds. The Morgan fingerprint density at radius 2 is 1.90 bits per heavy atom. The number of carboxylic acid groups (broad SMARTS) is 1. The van der Waals surface area contributed by atoms with Gasteiger partial charge in [0.1, 0.15) is 17.1 Å². The predicted molar refractivity (Wildman–Crippen MR) is 79.5 cm³/mol. The molecule has 2 rings (SSSR count). The van der Waals surface area contributed by atoms with Crippen molar-refractivity contribution in [3.05, 3.63) is 47.4 Å². The van der Waals surface area contributed by atoms with Crippen molar-refractivity contribution in [2.45, 2.75) is 22.5 Å². The van der Waals surface area contributed by atoms with Gasteiger partial charge in [0.05, 0.1) is 10.6 Å². The lowest BCUT2D eigenvalue weighted by Crippen LogP contribution is -1.96. The van der Waals surface area contributed by atoms with Crippen LogP contribution in [0.4, 0.5) is 0 Å². The SMILES string of the molecule is Cc1oc(CSc2ccc(S(C)(=O)=O)cc2)cc1C(=O)O. The molecule has 2 aromatic rings. The van der Waals surface area contributed by atoms with E-state index < -0.39 is 15.8 Å². The van der Waals surface area contributed by atoms with Crippen molar-refractivity contribution in [1.29, 1.82) is 0 Å². The van der Waals surface area contributed by atoms with E-state index in [1.807, 2.05) is 0 Å². The minimum absolute atomic E-state index is 0.165. The Balaban J connectivity index is 2.06. The standard InChI is InChI=1S/C14H14O5S2/c1-9-13(14(15)16)7-10(19-9)8-20-11-3-5-12(6-4-11)21(2,17)18/h3-7H,8H2,1-2H3,(H,15,16). The fourth-order valence-electron chi connectivity index (χ4n) is 1.76. The Labute approximate surface area is 126 Å². The first kappa shape index (κ1) is 15.7. The molecule has 0 atom stereocenters. The largest absolute Gasteiger partial charge is 0.478 e. The summed E-state index contributed by atoms with van der Waals surface area (Å²) in [7, 11) is -3.19. The van der Waals surface area contributed by atoms with Crippen molar-refractivity contribution >= 4 is 27.6 Å². The number of sulfone groups is 1. The third-order valence-electron chi connectivity index (χ3n) is 2.83. The smallest absolute Gasteiger partial charge is 0.339 e. The summed E-state index contributed by atoms with van der Waals surface area (Å²) in [5, 5.41) is 8.95. The van der Waals surface area contributed by atoms with Gasteiger partial charge in [-0.1, -0.05) is 0 Å². The third kappa shape index (κ3) is 3.89. The van der Waals surface area contributed by atoms with Gasteiger partial charge >= 0.3 is 5.97 Å². The van der Waals surface area contributed by atoms with Gasteiger partial charge in [-0.2, -0.15) is 0 Å². The summed E-state index contributed by atoms with van der Waals surface area (Å²) in [5.74, 6) is 0.421. The topological polar surface area (TPSA) is 84.6 Å². The lowest BCUT2D eigenvalue weighted by molar-refractivity contribution is 0.0695. The summed E-state index contributed by atoms with van der Waals surface area (Å²) >= 11 is 1.45. The van der Waals surface area contributed by atoms with E-state index >= 15 is 0 Å². The summed E-state index contributed by atoms with van der Waals surface area (Å²) < 4.78 is 28.1. The van der Waals surface area contributed by atoms with Crippen LogP contribution in [0.1, 0.15) is 21.9 Å². The van der Waals surface area contributed by atoms with Crippen molar-refractivity contribution in [3.8, 4) is 0 Å². The Morgan fingerprint density at radius 1 is 1.29 bits per heavy atom. The molecule has 1 aromatic heterocycles. The van der Waals surface area contributed by atoms with Gasteiger partial charge in [-0.05, 0) is 37.3 Å². The molecule has 0 saturated heterocycles. The van der Waals surface area contributed by atoms with Crippen molar-refractivity contribution in [1.82, 2.24) is 0 Å². The molecule has 5 nitrogen and oxygen atoms in total. The molecule has 0 aliphatic carbocycles. The van der Waals surface area contributed by atoms with Gasteiger partial charge in [0.2, 0.25) is 0 Å². The van der Waals surface area contributed by atoms with Crippen LogP contribution in [-0.4, -0.2) is 25.7 Å². The molecule has 0 fully saturated rings. The minimum Gasteiger partial charge on any atom is -0.478 e. The highest BCUT2D eigenvalue weighted by Gasteiger charge is 2.14. The average Bonchev–Trinajstić information content (AvgIpc) is 2.77. The Bertz CT molecular complexity index is 757. The normalized spacial score (nSPS) is 11.5. The number of benzene rings is 1. The van der Waals surface area contributed by atoms with E-state index in [1.54, 1.807) is 31.2 Å². The number of rotatable bonds is 5. The lowest BCUT2D eigenvalue weighted by atomic mass is 10.2. The van der Waals surface area contributed by atoms with Gasteiger partial charge in [-0.25, -0.2) is 13.2 Å². The number of thioether (sulfide) groups is 1. The van der Waals surface area contributed by atoms with E-state index in [4.69, 9.17) is 9.52 Å². The molecule has 0 saturated carbocycles. The van der Waals surface area contributed by atoms with Gasteiger partial charge in [-0.3, -0.25) is 0 Å². The summed E-state index contributed by atoms with van der Waals surface area (Å²) in [4.78, 5) is 12.1. The molecule has 0 bridgehead atoms. The van der Waals surface area contributed by atoms with Crippen molar-refractivity contribution in [2.24, 2.45) is 0 Å². The van der Waals surface area contributed by atoms with Crippen LogP contribution in [-0.2, 0) is 15.6 Å². The first-order valence-electron chi connectivity index (χ1n) is 6.03. The fraction of sp³-hybridized carbons (Fsp3) is 0.214. The van der Waals surface area contributed by atoms with Gasteiger partial charge in [0.25, 0.3) is 0 Å². The Hall–Kier alpha value is -1.73. The van der Waals surface area contributed by atoms with Crippen LogP contribution in [0.15, 0.2) is 44.5 Å². The molecule has 1 aromatic carbocycles. The van der Waals surface area contributed by atoms with E-state index in [1.165, 1.54) is 17.8 Å². The molecule has 1 N–H and O–H groups in total. The molecule has 0 unspecified atom stereocenters. The highest BCUT2D eigenvalue weighted by Crippen LogP contribution is 2.26. The number of aryl methyl sites for hydroxylation is 1. The second-order valence-electron chi connectivity index (χ2n) is 4.52. The predicted octanol–water partition coefficient (Wildman–Crippen LogP) is 2.98. The summed E-state index contributed by atoms with van der Waals surface area (Å²) in [5.41, 5.74) is 0.165. The number of carboxylic acids is 1. The lowest BCUT2D eigenvalue weighted by Gasteiger charge is -2.01. The second-order valence-corrected chi connectivity index (χ2v) is 7.58. The van der Waals surface area contributed by atoms with E-state index in [9.17, 15) is 13.2 Å². The third-order valence-corrected chi connectivity index (χ3v) is 5.00. The van der Waals surface area contributed by atoms with E-state index in [-0.39, 0.29) is 10.5 Å². The minimum atomic E-state index is -3.19. The number of furan rings is 1. The van der Waals surface area contributed by atoms with Crippen molar-refractivity contribution in [2.75, 3.05) is 6.26 Å². The molecular weight excluding hydrogens is 312 g/mol. The maximum Gasteiger partial charge on any atom is 0.339 e. The molecule has 0 aliphatic heterocycles. The Kier molecular flexibility index (Phi) is 4.43. The molecule has 0 radical (unpaired) electrons. The average molecular weight is 326 g/mol. The summed E-state index contributed by atoms with van der Waals surface area (Å²) in [6.07, 6.45) is 1.16. The van der Waals surface area contributed by atoms with Gasteiger partial charge in [0, 0.05) is 11.2 Å². The molecule has 7 heteroatoms. The quantitative estimate of drug-likeness (QED) is 0.850. The maximum absolute atomic E-state index is 11.4. The summed E-state index contributed by atoms with van der Waals surface area (Å²) in [6.45, 7) is 1.61. The highest BCUT2D eigenvalue weighted by atomic mass is 32.2. The van der Waals surface area contributed by atoms with E-state index in [2.05, 4.69) is 0 Å². The molecule has 21 heavy (non-hydrogen) atoms. The van der Waals surface area contributed by atoms with Crippen LogP contribution >= 0.6 is 11.8 Å². The number of carbonyl (C=O) groups is 1. The zero-order valence-corrected chi connectivity index (χ0v) is 13.1. The zero-order chi connectivity index (χ0) is 15.6. The van der Waals surface area contributed by atoms with Crippen LogP contribution in [0.25, 0.3) is 0 Å². The number of hydrogen-bond acceptors (Lipinski definition) is 5. The van der Waals surface area contributed by atoms with Crippen LogP contribution < -0.4 is 0 Å². The summed E-state index contributed by atoms with van der Waals surface area (Å²) in [6, 6.07) is 8.04. The van der Waals surface area contributed by atoms with E-state index in [0.717, 1.165) is 11.2 Å². The van der Waals surface area contributed by atoms with Crippen LogP contribution in [0.3, 0.4) is 0 Å². The first-order chi connectivity index (χ1) is 9.77. The molecular formula is C14H14O5S2. The van der Waals surface area contributed by atoms with Crippen LogP contribution in [0.5, 0.6) is 0 Å². The molecule has 0 aliphatic rings. The molecule has 1 heterocycles. The van der Waals surface area contributed by atoms with Gasteiger partial charge in [-0.15, -0.1) is 11.8 Å². The zero-order valence-electron chi connectivity index (χ0n) is 11.5. The van der Waals surface area contributed by atoms with Crippen molar-refractivity contribution in [3.63, 3.8) is 0 Å². The van der Waals surface area contributed by atoms with Crippen LogP contribution in [0, 0.1) is 6.92 Å². The monoisotopic (exact) mass is 326 g/mol. The fourth-order valence-corrected chi connectivity index (χ4v) is 3.17. The number of hydrogen-bond donors (Lipinski definition) is 1. The van der Waals surface area contributed by atoms with Crippen molar-refractivity contribution < 1.29 is 22.7 Å². The highest BCUT2D eigenvalue weighted by molar-refractivity contribution is 7.98. The first-order valence-corrected chi connectivity index (χ1v) is 8.90.